The molecule has 104 valence electrons. The molecule has 0 radical (unpaired) electrons. The Morgan fingerprint density at radius 1 is 1.37 bits per heavy atom. The first-order valence-corrected chi connectivity index (χ1v) is 7.29. The Bertz CT molecular complexity index is 425. The smallest absolute Gasteiger partial charge is 0.224 e. The van der Waals surface area contributed by atoms with E-state index in [-0.39, 0.29) is 11.9 Å². The normalized spacial score (nSPS) is 17.9. The van der Waals surface area contributed by atoms with Crippen LogP contribution in [0.2, 0.25) is 0 Å². The van der Waals surface area contributed by atoms with Gasteiger partial charge in [0.25, 0.3) is 0 Å². The van der Waals surface area contributed by atoms with Crippen LogP contribution in [0.1, 0.15) is 44.6 Å². The topological polar surface area (TPSA) is 55.1 Å². The van der Waals surface area contributed by atoms with Gasteiger partial charge in [0.1, 0.15) is 0 Å². The number of hydrogen-bond acceptors (Lipinski definition) is 2. The molecule has 0 spiro atoms. The zero-order valence-electron chi connectivity index (χ0n) is 11.7. The minimum Gasteiger partial charge on any atom is -0.399 e. The lowest BCUT2D eigenvalue weighted by Crippen LogP contribution is -2.39. The summed E-state index contributed by atoms with van der Waals surface area (Å²) >= 11 is 0. The molecular formula is C16H24N2O. The van der Waals surface area contributed by atoms with Gasteiger partial charge in [-0.3, -0.25) is 4.79 Å². The van der Waals surface area contributed by atoms with E-state index in [4.69, 9.17) is 5.73 Å². The van der Waals surface area contributed by atoms with Gasteiger partial charge in [0, 0.05) is 11.7 Å². The van der Waals surface area contributed by atoms with Crippen molar-refractivity contribution in [1.29, 1.82) is 0 Å². The summed E-state index contributed by atoms with van der Waals surface area (Å²) in [5.74, 6) is 0.752. The number of nitrogens with one attached hydrogen (secondary N) is 1. The number of hydrogen-bond donors (Lipinski definition) is 2. The fraction of sp³-hybridized carbons (Fsp3) is 0.562. The van der Waals surface area contributed by atoms with E-state index in [1.807, 2.05) is 24.3 Å². The number of amides is 1. The van der Waals surface area contributed by atoms with Crippen molar-refractivity contribution in [2.75, 3.05) is 5.73 Å². The van der Waals surface area contributed by atoms with Gasteiger partial charge in [0.15, 0.2) is 0 Å². The molecule has 0 heterocycles. The summed E-state index contributed by atoms with van der Waals surface area (Å²) < 4.78 is 0. The van der Waals surface area contributed by atoms with Crippen LogP contribution in [0.15, 0.2) is 24.3 Å². The lowest BCUT2D eigenvalue weighted by Gasteiger charge is -2.28. The molecule has 0 aromatic heterocycles. The van der Waals surface area contributed by atoms with Crippen molar-refractivity contribution in [3.05, 3.63) is 29.8 Å². The summed E-state index contributed by atoms with van der Waals surface area (Å²) in [5, 5.41) is 3.14. The monoisotopic (exact) mass is 260 g/mol. The maximum atomic E-state index is 12.0. The van der Waals surface area contributed by atoms with Crippen LogP contribution in [0.3, 0.4) is 0 Å². The van der Waals surface area contributed by atoms with E-state index in [0.29, 0.717) is 18.0 Å². The summed E-state index contributed by atoms with van der Waals surface area (Å²) in [6.45, 7) is 2.13. The van der Waals surface area contributed by atoms with Crippen LogP contribution in [0.5, 0.6) is 0 Å². The molecule has 1 aliphatic rings. The Morgan fingerprint density at radius 2 is 2.11 bits per heavy atom. The molecule has 0 saturated heterocycles. The van der Waals surface area contributed by atoms with Crippen LogP contribution in [0.25, 0.3) is 0 Å². The number of carbonyl (C=O) groups excluding carboxylic acids is 1. The van der Waals surface area contributed by atoms with Crippen molar-refractivity contribution >= 4 is 11.6 Å². The van der Waals surface area contributed by atoms with Crippen molar-refractivity contribution in [3.8, 4) is 0 Å². The van der Waals surface area contributed by atoms with Crippen molar-refractivity contribution < 1.29 is 4.79 Å². The van der Waals surface area contributed by atoms with Crippen LogP contribution in [-0.2, 0) is 11.2 Å². The highest BCUT2D eigenvalue weighted by Gasteiger charge is 2.21. The highest BCUT2D eigenvalue weighted by Crippen LogP contribution is 2.26. The fourth-order valence-electron chi connectivity index (χ4n) is 2.95. The summed E-state index contributed by atoms with van der Waals surface area (Å²) in [5.41, 5.74) is 7.41. The zero-order chi connectivity index (χ0) is 13.7. The third-order valence-corrected chi connectivity index (χ3v) is 4.06. The average Bonchev–Trinajstić information content (AvgIpc) is 2.39. The van der Waals surface area contributed by atoms with Crippen LogP contribution in [0.4, 0.5) is 5.69 Å². The summed E-state index contributed by atoms with van der Waals surface area (Å²) in [4.78, 5) is 12.0. The lowest BCUT2D eigenvalue weighted by atomic mass is 9.84. The summed E-state index contributed by atoms with van der Waals surface area (Å²) in [7, 11) is 0. The Morgan fingerprint density at radius 3 is 2.79 bits per heavy atom. The van der Waals surface area contributed by atoms with Gasteiger partial charge in [-0.2, -0.15) is 0 Å². The average molecular weight is 260 g/mol. The minimum atomic E-state index is 0.101. The molecule has 1 saturated carbocycles. The number of nitrogens with two attached hydrogens (primary N) is 1. The second-order valence-electron chi connectivity index (χ2n) is 5.68. The Hall–Kier alpha value is -1.51. The molecule has 0 bridgehead atoms. The van der Waals surface area contributed by atoms with Gasteiger partial charge in [-0.25, -0.2) is 0 Å². The molecule has 2 rings (SSSR count). The van der Waals surface area contributed by atoms with Crippen molar-refractivity contribution in [3.63, 3.8) is 0 Å². The standard InChI is InChI=1S/C16H24N2O/c1-12(14-7-3-2-4-8-14)18-16(19)11-13-6-5-9-15(17)10-13/h5-6,9-10,12,14H,2-4,7-8,11,17H2,1H3,(H,18,19)/t12-/m1/s1. The van der Waals surface area contributed by atoms with Crippen LogP contribution >= 0.6 is 0 Å². The zero-order valence-corrected chi connectivity index (χ0v) is 11.7. The fourth-order valence-corrected chi connectivity index (χ4v) is 2.95. The van der Waals surface area contributed by atoms with Crippen LogP contribution in [-0.4, -0.2) is 11.9 Å². The number of rotatable bonds is 4. The van der Waals surface area contributed by atoms with Crippen LogP contribution < -0.4 is 11.1 Å². The quantitative estimate of drug-likeness (QED) is 0.818. The molecule has 0 unspecified atom stereocenters. The first-order chi connectivity index (χ1) is 9.15. The summed E-state index contributed by atoms with van der Waals surface area (Å²) in [6.07, 6.45) is 6.88. The van der Waals surface area contributed by atoms with Crippen molar-refractivity contribution in [1.82, 2.24) is 5.32 Å². The van der Waals surface area contributed by atoms with E-state index in [9.17, 15) is 4.79 Å². The van der Waals surface area contributed by atoms with E-state index in [2.05, 4.69) is 12.2 Å². The first-order valence-electron chi connectivity index (χ1n) is 7.29. The van der Waals surface area contributed by atoms with E-state index >= 15 is 0 Å². The number of benzene rings is 1. The Balaban J connectivity index is 1.83. The second kappa shape index (κ2) is 6.60. The maximum absolute atomic E-state index is 12.0. The molecule has 1 amide bonds. The second-order valence-corrected chi connectivity index (χ2v) is 5.68. The lowest BCUT2D eigenvalue weighted by molar-refractivity contribution is -0.121. The first kappa shape index (κ1) is 13.9. The minimum absolute atomic E-state index is 0.101. The van der Waals surface area contributed by atoms with E-state index < -0.39 is 0 Å². The molecule has 1 fully saturated rings. The van der Waals surface area contributed by atoms with Gasteiger partial charge in [-0.1, -0.05) is 31.4 Å². The van der Waals surface area contributed by atoms with Gasteiger partial charge < -0.3 is 11.1 Å². The molecule has 1 atom stereocenters. The number of nitrogen functional groups attached to an aromatic ring is 1. The SMILES string of the molecule is C[C@@H](NC(=O)Cc1cccc(N)c1)C1CCCCC1. The summed E-state index contributed by atoms with van der Waals surface area (Å²) in [6, 6.07) is 7.83. The highest BCUT2D eigenvalue weighted by molar-refractivity contribution is 5.79. The molecule has 1 aromatic carbocycles. The van der Waals surface area contributed by atoms with Gasteiger partial charge >= 0.3 is 0 Å². The van der Waals surface area contributed by atoms with Gasteiger partial charge in [-0.15, -0.1) is 0 Å². The number of carbonyl (C=O) groups is 1. The predicted molar refractivity (Wildman–Crippen MR) is 78.7 cm³/mol. The predicted octanol–water partition coefficient (Wildman–Crippen LogP) is 2.90. The molecule has 3 heteroatoms. The van der Waals surface area contributed by atoms with Gasteiger partial charge in [0.2, 0.25) is 5.91 Å². The molecular weight excluding hydrogens is 236 g/mol. The third-order valence-electron chi connectivity index (χ3n) is 4.06. The molecule has 0 aliphatic heterocycles. The van der Waals surface area contributed by atoms with E-state index in [0.717, 1.165) is 5.56 Å². The van der Waals surface area contributed by atoms with Crippen molar-refractivity contribution in [2.45, 2.75) is 51.5 Å². The molecule has 3 nitrogen and oxygen atoms in total. The highest BCUT2D eigenvalue weighted by atomic mass is 16.1. The van der Waals surface area contributed by atoms with Crippen molar-refractivity contribution in [2.24, 2.45) is 5.92 Å². The van der Waals surface area contributed by atoms with E-state index in [1.54, 1.807) is 0 Å². The molecule has 1 aliphatic carbocycles. The molecule has 19 heavy (non-hydrogen) atoms. The Labute approximate surface area is 115 Å². The maximum Gasteiger partial charge on any atom is 0.224 e. The van der Waals surface area contributed by atoms with E-state index in [1.165, 1.54) is 32.1 Å². The number of anilines is 1. The third kappa shape index (κ3) is 4.27. The largest absolute Gasteiger partial charge is 0.399 e. The Kier molecular flexibility index (Phi) is 4.83. The van der Waals surface area contributed by atoms with Gasteiger partial charge in [0.05, 0.1) is 6.42 Å². The van der Waals surface area contributed by atoms with Gasteiger partial charge in [-0.05, 0) is 43.4 Å². The van der Waals surface area contributed by atoms with Crippen LogP contribution in [0, 0.1) is 5.92 Å². The molecule has 1 aromatic rings. The molecule has 3 N–H and O–H groups in total.